The van der Waals surface area contributed by atoms with Gasteiger partial charge in [0.2, 0.25) is 0 Å². The van der Waals surface area contributed by atoms with Gasteiger partial charge < -0.3 is 9.67 Å². The second-order valence-corrected chi connectivity index (χ2v) is 4.69. The van der Waals surface area contributed by atoms with E-state index in [-0.39, 0.29) is 20.8 Å². The molecule has 0 amide bonds. The summed E-state index contributed by atoms with van der Waals surface area (Å²) < 4.78 is 14.5. The quantitative estimate of drug-likeness (QED) is 0.842. The van der Waals surface area contributed by atoms with Crippen LogP contribution < -0.4 is 0 Å². The molecular formula is C11H5Cl3FNO2. The summed E-state index contributed by atoms with van der Waals surface area (Å²) in [7, 11) is 0. The summed E-state index contributed by atoms with van der Waals surface area (Å²) in [6, 6.07) is 3.81. The number of hydrogen-bond acceptors (Lipinski definition) is 1. The zero-order valence-electron chi connectivity index (χ0n) is 8.62. The maximum absolute atomic E-state index is 13.3. The van der Waals surface area contributed by atoms with Crippen LogP contribution in [0.5, 0.6) is 0 Å². The van der Waals surface area contributed by atoms with Crippen LogP contribution >= 0.6 is 34.8 Å². The van der Waals surface area contributed by atoms with E-state index in [1.54, 1.807) is 0 Å². The fourth-order valence-corrected chi connectivity index (χ4v) is 2.17. The Morgan fingerprint density at radius 1 is 1.17 bits per heavy atom. The van der Waals surface area contributed by atoms with Crippen LogP contribution in [0.3, 0.4) is 0 Å². The van der Waals surface area contributed by atoms with Gasteiger partial charge in [0.25, 0.3) is 0 Å². The van der Waals surface area contributed by atoms with Gasteiger partial charge >= 0.3 is 5.97 Å². The number of nitrogens with zero attached hydrogens (tertiary/aromatic N) is 1. The molecule has 0 unspecified atom stereocenters. The van der Waals surface area contributed by atoms with Gasteiger partial charge in [0.05, 0.1) is 15.1 Å². The van der Waals surface area contributed by atoms with E-state index >= 15 is 0 Å². The zero-order chi connectivity index (χ0) is 13.4. The summed E-state index contributed by atoms with van der Waals surface area (Å²) in [5.41, 5.74) is 0.245. The summed E-state index contributed by atoms with van der Waals surface area (Å²) in [5, 5.41) is 8.86. The van der Waals surface area contributed by atoms with Crippen molar-refractivity contribution in [3.05, 3.63) is 51.0 Å². The third-order valence-corrected chi connectivity index (χ3v) is 3.01. The molecule has 1 heterocycles. The molecule has 0 atom stereocenters. The molecule has 0 spiro atoms. The largest absolute Gasteiger partial charge is 0.477 e. The Hall–Kier alpha value is -1.23. The summed E-state index contributed by atoms with van der Waals surface area (Å²) in [4.78, 5) is 11.0. The minimum absolute atomic E-state index is 0.0706. The molecule has 1 aromatic carbocycles. The molecule has 0 saturated carbocycles. The molecule has 2 aromatic rings. The Morgan fingerprint density at radius 3 is 2.22 bits per heavy atom. The van der Waals surface area contributed by atoms with Crippen molar-refractivity contribution >= 4 is 40.8 Å². The molecule has 7 heteroatoms. The fraction of sp³-hybridized carbons (Fsp3) is 0. The lowest BCUT2D eigenvalue weighted by atomic mass is 10.3. The van der Waals surface area contributed by atoms with Gasteiger partial charge in [0, 0.05) is 11.9 Å². The molecule has 0 saturated heterocycles. The summed E-state index contributed by atoms with van der Waals surface area (Å²) in [6.45, 7) is 0. The molecule has 0 radical (unpaired) electrons. The van der Waals surface area contributed by atoms with Crippen LogP contribution in [0.1, 0.15) is 10.5 Å². The molecule has 0 aliphatic heterocycles. The molecule has 0 fully saturated rings. The van der Waals surface area contributed by atoms with E-state index in [1.165, 1.54) is 29.0 Å². The van der Waals surface area contributed by atoms with Crippen LogP contribution in [0.25, 0.3) is 5.69 Å². The van der Waals surface area contributed by atoms with Crippen molar-refractivity contribution in [3.8, 4) is 5.69 Å². The van der Waals surface area contributed by atoms with Gasteiger partial charge in [-0.25, -0.2) is 9.18 Å². The topological polar surface area (TPSA) is 42.2 Å². The van der Waals surface area contributed by atoms with Crippen LogP contribution in [-0.2, 0) is 0 Å². The number of benzene rings is 1. The second-order valence-electron chi connectivity index (χ2n) is 3.44. The van der Waals surface area contributed by atoms with E-state index in [9.17, 15) is 9.18 Å². The first kappa shape index (κ1) is 13.2. The average Bonchev–Trinajstić information content (AvgIpc) is 2.67. The van der Waals surface area contributed by atoms with Crippen molar-refractivity contribution in [3.63, 3.8) is 0 Å². The summed E-state index contributed by atoms with van der Waals surface area (Å²) in [5.74, 6) is -1.92. The second kappa shape index (κ2) is 4.80. The molecule has 94 valence electrons. The Bertz CT molecular complexity index is 616. The van der Waals surface area contributed by atoms with Crippen LogP contribution in [0.15, 0.2) is 24.4 Å². The highest BCUT2D eigenvalue weighted by Gasteiger charge is 2.15. The van der Waals surface area contributed by atoms with E-state index in [0.717, 1.165) is 0 Å². The number of halogens is 4. The zero-order valence-corrected chi connectivity index (χ0v) is 10.9. The van der Waals surface area contributed by atoms with Gasteiger partial charge in [-0.2, -0.15) is 0 Å². The number of carboxylic acid groups (broad SMARTS) is 1. The van der Waals surface area contributed by atoms with E-state index in [4.69, 9.17) is 39.9 Å². The van der Waals surface area contributed by atoms with Crippen LogP contribution in [-0.4, -0.2) is 15.6 Å². The minimum Gasteiger partial charge on any atom is -0.477 e. The van der Waals surface area contributed by atoms with Crippen molar-refractivity contribution in [1.29, 1.82) is 0 Å². The standard InChI is InChI=1S/C11H5Cl3FNO2/c12-5-1-9(11(17)18)16(4-5)6-2-7(13)10(15)8(14)3-6/h1-4H,(H,17,18). The highest BCUT2D eigenvalue weighted by molar-refractivity contribution is 6.35. The molecule has 2 rings (SSSR count). The Morgan fingerprint density at radius 2 is 1.72 bits per heavy atom. The first-order valence-electron chi connectivity index (χ1n) is 4.66. The maximum Gasteiger partial charge on any atom is 0.352 e. The number of aromatic carboxylic acids is 1. The Kier molecular flexibility index (Phi) is 3.52. The number of aromatic nitrogens is 1. The highest BCUT2D eigenvalue weighted by Crippen LogP contribution is 2.28. The molecule has 0 aliphatic rings. The molecule has 18 heavy (non-hydrogen) atoms. The summed E-state index contributed by atoms with van der Waals surface area (Å²) >= 11 is 17.1. The minimum atomic E-state index is -1.17. The first-order chi connectivity index (χ1) is 8.40. The van der Waals surface area contributed by atoms with Crippen LogP contribution in [0, 0.1) is 5.82 Å². The summed E-state index contributed by atoms with van der Waals surface area (Å²) in [6.07, 6.45) is 1.38. The number of hydrogen-bond donors (Lipinski definition) is 1. The lowest BCUT2D eigenvalue weighted by Crippen LogP contribution is -2.05. The van der Waals surface area contributed by atoms with E-state index in [1.807, 2.05) is 0 Å². The van der Waals surface area contributed by atoms with Crippen molar-refractivity contribution in [2.75, 3.05) is 0 Å². The number of carboxylic acids is 1. The highest BCUT2D eigenvalue weighted by atomic mass is 35.5. The third kappa shape index (κ3) is 2.32. The molecule has 1 N–H and O–H groups in total. The van der Waals surface area contributed by atoms with Gasteiger partial charge in [-0.3, -0.25) is 0 Å². The smallest absolute Gasteiger partial charge is 0.352 e. The van der Waals surface area contributed by atoms with E-state index in [0.29, 0.717) is 5.69 Å². The predicted molar refractivity (Wildman–Crippen MR) is 67.7 cm³/mol. The van der Waals surface area contributed by atoms with Crippen molar-refractivity contribution in [2.45, 2.75) is 0 Å². The molecule has 3 nitrogen and oxygen atoms in total. The normalized spacial score (nSPS) is 10.7. The lowest BCUT2D eigenvalue weighted by Gasteiger charge is -2.08. The predicted octanol–water partition coefficient (Wildman–Crippen LogP) is 4.27. The Balaban J connectivity index is 2.65. The molecule has 0 bridgehead atoms. The number of rotatable bonds is 2. The molecular weight excluding hydrogens is 303 g/mol. The lowest BCUT2D eigenvalue weighted by molar-refractivity contribution is 0.0688. The molecule has 0 aliphatic carbocycles. The van der Waals surface area contributed by atoms with Crippen molar-refractivity contribution < 1.29 is 14.3 Å². The Labute approximate surface area is 116 Å². The fourth-order valence-electron chi connectivity index (χ4n) is 1.49. The maximum atomic E-state index is 13.3. The van der Waals surface area contributed by atoms with Gasteiger partial charge in [-0.15, -0.1) is 0 Å². The van der Waals surface area contributed by atoms with Crippen LogP contribution in [0.2, 0.25) is 15.1 Å². The van der Waals surface area contributed by atoms with Crippen LogP contribution in [0.4, 0.5) is 4.39 Å². The molecule has 1 aromatic heterocycles. The third-order valence-electron chi connectivity index (χ3n) is 2.25. The van der Waals surface area contributed by atoms with Gasteiger partial charge in [-0.1, -0.05) is 34.8 Å². The SMILES string of the molecule is O=C(O)c1cc(Cl)cn1-c1cc(Cl)c(F)c(Cl)c1. The number of carbonyl (C=O) groups is 1. The van der Waals surface area contributed by atoms with Crippen molar-refractivity contribution in [1.82, 2.24) is 4.57 Å². The van der Waals surface area contributed by atoms with Crippen molar-refractivity contribution in [2.24, 2.45) is 0 Å². The van der Waals surface area contributed by atoms with Gasteiger partial charge in [0.1, 0.15) is 5.69 Å². The van der Waals surface area contributed by atoms with E-state index in [2.05, 4.69) is 0 Å². The van der Waals surface area contributed by atoms with Gasteiger partial charge in [-0.05, 0) is 18.2 Å². The van der Waals surface area contributed by atoms with Gasteiger partial charge in [0.15, 0.2) is 5.82 Å². The average molecular weight is 309 g/mol. The monoisotopic (exact) mass is 307 g/mol. The first-order valence-corrected chi connectivity index (χ1v) is 5.79. The van der Waals surface area contributed by atoms with E-state index < -0.39 is 11.8 Å².